The molecule has 2 aliphatic heterocycles. The molecule has 2 aromatic carbocycles. The first kappa shape index (κ1) is 19.4. The maximum atomic E-state index is 13.1. The number of hydrogen-bond acceptors (Lipinski definition) is 8. The fraction of sp³-hybridized carbons (Fsp3) is 0.238. The van der Waals surface area contributed by atoms with Crippen LogP contribution < -0.4 is 19.1 Å². The summed E-state index contributed by atoms with van der Waals surface area (Å²) in [6, 6.07) is 11.2. The first-order valence-electron chi connectivity index (χ1n) is 9.07. The lowest BCUT2D eigenvalue weighted by Gasteiger charge is -2.16. The summed E-state index contributed by atoms with van der Waals surface area (Å²) in [6.45, 7) is 1.29. The zero-order valence-corrected chi connectivity index (χ0v) is 16.4. The smallest absolute Gasteiger partial charge is 0.308 e. The summed E-state index contributed by atoms with van der Waals surface area (Å²) in [7, 11) is 3.02. The van der Waals surface area contributed by atoms with Crippen LogP contribution in [0, 0.1) is 5.92 Å². The zero-order valence-electron chi connectivity index (χ0n) is 16.4. The van der Waals surface area contributed by atoms with Crippen LogP contribution in [0.5, 0.6) is 17.2 Å². The lowest BCUT2D eigenvalue weighted by molar-refractivity contribution is -0.132. The highest BCUT2D eigenvalue weighted by atomic mass is 16.7. The highest BCUT2D eigenvalue weighted by Crippen LogP contribution is 2.37. The third-order valence-corrected chi connectivity index (χ3v) is 4.85. The van der Waals surface area contributed by atoms with Gasteiger partial charge in [0, 0.05) is 12.5 Å². The number of carbonyl (C=O) groups is 3. The number of amides is 2. The number of methoxy groups -OCH3 is 2. The summed E-state index contributed by atoms with van der Waals surface area (Å²) in [4.78, 5) is 43.4. The number of oxime groups is 1. The van der Waals surface area contributed by atoms with E-state index in [1.165, 1.54) is 45.4 Å². The second-order valence-electron chi connectivity index (χ2n) is 6.65. The number of rotatable bonds is 5. The maximum Gasteiger partial charge on any atom is 0.308 e. The van der Waals surface area contributed by atoms with Gasteiger partial charge in [-0.1, -0.05) is 5.16 Å². The van der Waals surface area contributed by atoms with Gasteiger partial charge in [0.15, 0.2) is 11.5 Å². The average Bonchev–Trinajstić information content (AvgIpc) is 3.28. The Bertz CT molecular complexity index is 1060. The third kappa shape index (κ3) is 3.14. The fourth-order valence-electron chi connectivity index (χ4n) is 3.50. The van der Waals surface area contributed by atoms with Crippen molar-refractivity contribution < 1.29 is 33.4 Å². The summed E-state index contributed by atoms with van der Waals surface area (Å²) < 4.78 is 15.5. The topological polar surface area (TPSA) is 104 Å². The standard InChI is InChI=1S/C21H18N2O7/c1-11(24)29-14-7-5-13(6-8-14)23-20(25)17-18(22-30-19(17)21(23)26)12-4-9-15(27-2)16(10-12)28-3/h4-10,17,19H,1-3H3. The number of benzene rings is 2. The second kappa shape index (κ2) is 7.51. The number of ether oxygens (including phenoxy) is 3. The molecule has 0 bridgehead atoms. The molecule has 2 heterocycles. The van der Waals surface area contributed by atoms with E-state index in [0.717, 1.165) is 4.90 Å². The van der Waals surface area contributed by atoms with Crippen LogP contribution in [0.4, 0.5) is 5.69 Å². The predicted octanol–water partition coefficient (Wildman–Crippen LogP) is 1.92. The molecule has 0 N–H and O–H groups in total. The second-order valence-corrected chi connectivity index (χ2v) is 6.65. The molecule has 2 aliphatic rings. The molecule has 2 atom stereocenters. The molecule has 1 fully saturated rings. The Balaban J connectivity index is 1.62. The van der Waals surface area contributed by atoms with Gasteiger partial charge in [0.2, 0.25) is 12.0 Å². The van der Waals surface area contributed by atoms with Crippen LogP contribution in [0.2, 0.25) is 0 Å². The summed E-state index contributed by atoms with van der Waals surface area (Å²) in [6.07, 6.45) is -1.03. The van der Waals surface area contributed by atoms with Gasteiger partial charge in [-0.15, -0.1) is 0 Å². The minimum atomic E-state index is -1.03. The van der Waals surface area contributed by atoms with Crippen LogP contribution in [0.25, 0.3) is 0 Å². The van der Waals surface area contributed by atoms with Gasteiger partial charge < -0.3 is 19.0 Å². The first-order valence-corrected chi connectivity index (χ1v) is 9.07. The number of esters is 1. The van der Waals surface area contributed by atoms with E-state index in [0.29, 0.717) is 34.2 Å². The van der Waals surface area contributed by atoms with E-state index in [1.54, 1.807) is 18.2 Å². The van der Waals surface area contributed by atoms with Crippen molar-refractivity contribution >= 4 is 29.2 Å². The number of anilines is 1. The SMILES string of the molecule is COc1ccc(C2=NOC3C(=O)N(c4ccc(OC(C)=O)cc4)C(=O)C23)cc1OC. The van der Waals surface area contributed by atoms with Gasteiger partial charge in [0.05, 0.1) is 19.9 Å². The molecule has 0 aromatic heterocycles. The van der Waals surface area contributed by atoms with E-state index >= 15 is 0 Å². The van der Waals surface area contributed by atoms with E-state index in [4.69, 9.17) is 19.0 Å². The molecular formula is C21H18N2O7. The molecule has 9 nitrogen and oxygen atoms in total. The van der Waals surface area contributed by atoms with E-state index in [1.807, 2.05) is 0 Å². The van der Waals surface area contributed by atoms with Gasteiger partial charge in [-0.3, -0.25) is 14.4 Å². The van der Waals surface area contributed by atoms with Crippen LogP contribution in [-0.2, 0) is 19.2 Å². The molecule has 2 unspecified atom stereocenters. The van der Waals surface area contributed by atoms with Crippen molar-refractivity contribution in [1.82, 2.24) is 0 Å². The first-order chi connectivity index (χ1) is 14.4. The quantitative estimate of drug-likeness (QED) is 0.421. The molecule has 0 spiro atoms. The molecule has 2 aromatic rings. The molecule has 4 rings (SSSR count). The van der Waals surface area contributed by atoms with Gasteiger partial charge in [-0.2, -0.15) is 0 Å². The van der Waals surface area contributed by atoms with Gasteiger partial charge >= 0.3 is 5.97 Å². The van der Waals surface area contributed by atoms with Gasteiger partial charge in [0.25, 0.3) is 5.91 Å². The summed E-state index contributed by atoms with van der Waals surface area (Å²) in [5, 5.41) is 3.99. The highest BCUT2D eigenvalue weighted by Gasteiger charge is 2.56. The van der Waals surface area contributed by atoms with E-state index in [9.17, 15) is 14.4 Å². The molecule has 30 heavy (non-hydrogen) atoms. The number of nitrogens with zero attached hydrogens (tertiary/aromatic N) is 2. The van der Waals surface area contributed by atoms with E-state index < -0.39 is 29.8 Å². The summed E-state index contributed by atoms with van der Waals surface area (Å²) in [5.41, 5.74) is 1.29. The van der Waals surface area contributed by atoms with Crippen molar-refractivity contribution in [2.24, 2.45) is 11.1 Å². The van der Waals surface area contributed by atoms with Crippen molar-refractivity contribution in [3.63, 3.8) is 0 Å². The molecular weight excluding hydrogens is 392 g/mol. The van der Waals surface area contributed by atoms with Crippen molar-refractivity contribution in [3.8, 4) is 17.2 Å². The average molecular weight is 410 g/mol. The third-order valence-electron chi connectivity index (χ3n) is 4.85. The number of imide groups is 1. The summed E-state index contributed by atoms with van der Waals surface area (Å²) >= 11 is 0. The summed E-state index contributed by atoms with van der Waals surface area (Å²) in [5.74, 6) is -0.981. The van der Waals surface area contributed by atoms with Crippen LogP contribution in [0.1, 0.15) is 12.5 Å². The van der Waals surface area contributed by atoms with Crippen LogP contribution in [0.3, 0.4) is 0 Å². The molecule has 0 radical (unpaired) electrons. The Hall–Kier alpha value is -3.88. The van der Waals surface area contributed by atoms with Crippen molar-refractivity contribution in [1.29, 1.82) is 0 Å². The van der Waals surface area contributed by atoms with Crippen molar-refractivity contribution in [2.45, 2.75) is 13.0 Å². The van der Waals surface area contributed by atoms with E-state index in [-0.39, 0.29) is 0 Å². The van der Waals surface area contributed by atoms with Crippen molar-refractivity contribution in [3.05, 3.63) is 48.0 Å². The van der Waals surface area contributed by atoms with Gasteiger partial charge in [-0.25, -0.2) is 4.90 Å². The Morgan fingerprint density at radius 2 is 1.70 bits per heavy atom. The molecule has 0 aliphatic carbocycles. The Kier molecular flexibility index (Phi) is 4.86. The maximum absolute atomic E-state index is 13.1. The monoisotopic (exact) mass is 410 g/mol. The molecule has 2 amide bonds. The normalized spacial score (nSPS) is 19.8. The van der Waals surface area contributed by atoms with Gasteiger partial charge in [-0.05, 0) is 42.5 Å². The lowest BCUT2D eigenvalue weighted by Crippen LogP contribution is -2.33. The minimum absolute atomic E-state index is 0.314. The number of fused-ring (bicyclic) bond motifs is 1. The van der Waals surface area contributed by atoms with Crippen LogP contribution in [0.15, 0.2) is 47.6 Å². The van der Waals surface area contributed by atoms with Crippen molar-refractivity contribution in [2.75, 3.05) is 19.1 Å². The number of carbonyl (C=O) groups excluding carboxylic acids is 3. The Morgan fingerprint density at radius 1 is 1.00 bits per heavy atom. The fourth-order valence-corrected chi connectivity index (χ4v) is 3.50. The molecule has 154 valence electrons. The Labute approximate surface area is 171 Å². The molecule has 1 saturated heterocycles. The highest BCUT2D eigenvalue weighted by molar-refractivity contribution is 6.32. The molecule has 0 saturated carbocycles. The van der Waals surface area contributed by atoms with E-state index in [2.05, 4.69) is 5.16 Å². The largest absolute Gasteiger partial charge is 0.493 e. The number of hydrogen-bond donors (Lipinski definition) is 0. The minimum Gasteiger partial charge on any atom is -0.493 e. The predicted molar refractivity (Wildman–Crippen MR) is 105 cm³/mol. The van der Waals surface area contributed by atoms with Crippen LogP contribution >= 0.6 is 0 Å². The molecule has 9 heteroatoms. The lowest BCUT2D eigenvalue weighted by atomic mass is 9.94. The Morgan fingerprint density at radius 3 is 2.33 bits per heavy atom. The van der Waals surface area contributed by atoms with Gasteiger partial charge in [0.1, 0.15) is 17.4 Å². The van der Waals surface area contributed by atoms with Crippen LogP contribution in [-0.4, -0.2) is 43.8 Å². The zero-order chi connectivity index (χ0) is 21.4.